The van der Waals surface area contributed by atoms with E-state index in [0.717, 1.165) is 85.1 Å². The van der Waals surface area contributed by atoms with Gasteiger partial charge in [-0.3, -0.25) is 19.6 Å². The summed E-state index contributed by atoms with van der Waals surface area (Å²) in [5.41, 5.74) is 2.88. The van der Waals surface area contributed by atoms with Crippen LogP contribution in [0, 0.1) is 0 Å². The van der Waals surface area contributed by atoms with Gasteiger partial charge < -0.3 is 21.3 Å². The maximum Gasteiger partial charge on any atom is 0.0507 e. The molecular weight excluding hydrogens is 460 g/mol. The highest BCUT2D eigenvalue weighted by molar-refractivity contribution is 5.22. The summed E-state index contributed by atoms with van der Waals surface area (Å²) in [5, 5.41) is 14.4. The Kier molecular flexibility index (Phi) is 13.7. The van der Waals surface area contributed by atoms with Gasteiger partial charge in [0.25, 0.3) is 0 Å². The van der Waals surface area contributed by atoms with E-state index in [4.69, 9.17) is 0 Å². The van der Waals surface area contributed by atoms with Gasteiger partial charge in [0.2, 0.25) is 0 Å². The van der Waals surface area contributed by atoms with Crippen LogP contribution in [0.3, 0.4) is 0 Å². The molecule has 1 aromatic carbocycles. The van der Waals surface area contributed by atoms with Crippen molar-refractivity contribution in [2.45, 2.75) is 38.8 Å². The van der Waals surface area contributed by atoms with Crippen molar-refractivity contribution in [2.24, 2.45) is 0 Å². The predicted octanol–water partition coefficient (Wildman–Crippen LogP) is 0.812. The summed E-state index contributed by atoms with van der Waals surface area (Å²) in [6.07, 6.45) is 4.93. The molecule has 210 valence electrons. The maximum absolute atomic E-state index is 3.68. The fourth-order valence-corrected chi connectivity index (χ4v) is 5.74. The standard InChI is InChI=1S/C29H54N8/c1-9-30-13-14-31-11-2-17-34(21-15-32-10-1)25-28-5-7-29(8-6-28)26-35-19-4-20-37-24-23-36(27-37)18-3-12-33-16-22-35/h5-8,30-33H,1-4,9-27H2. The van der Waals surface area contributed by atoms with Crippen molar-refractivity contribution in [3.05, 3.63) is 35.4 Å². The summed E-state index contributed by atoms with van der Waals surface area (Å²) in [6, 6.07) is 9.49. The summed E-state index contributed by atoms with van der Waals surface area (Å²) >= 11 is 0. The molecule has 2 bridgehead atoms. The summed E-state index contributed by atoms with van der Waals surface area (Å²) in [4.78, 5) is 10.5. The van der Waals surface area contributed by atoms with Crippen molar-refractivity contribution in [3.8, 4) is 0 Å². The highest BCUT2D eigenvalue weighted by atomic mass is 15.4. The van der Waals surface area contributed by atoms with E-state index in [1.807, 2.05) is 0 Å². The molecule has 0 amide bonds. The fraction of sp³-hybridized carbons (Fsp3) is 0.793. The normalized spacial score (nSPS) is 27.5. The first-order valence-corrected chi connectivity index (χ1v) is 15.2. The van der Waals surface area contributed by atoms with Gasteiger partial charge >= 0.3 is 0 Å². The second-order valence-corrected chi connectivity index (χ2v) is 11.2. The molecular formula is C29H54N8. The molecule has 3 heterocycles. The Labute approximate surface area is 226 Å². The Morgan fingerprint density at radius 3 is 1.49 bits per heavy atom. The minimum absolute atomic E-state index is 1.05. The molecule has 8 heteroatoms. The van der Waals surface area contributed by atoms with Gasteiger partial charge in [-0.2, -0.15) is 0 Å². The predicted molar refractivity (Wildman–Crippen MR) is 155 cm³/mol. The molecule has 4 rings (SSSR count). The molecule has 2 atom stereocenters. The molecule has 3 saturated heterocycles. The van der Waals surface area contributed by atoms with E-state index in [1.165, 1.54) is 76.2 Å². The molecule has 0 spiro atoms. The lowest BCUT2D eigenvalue weighted by Gasteiger charge is -2.25. The molecule has 3 fully saturated rings. The third kappa shape index (κ3) is 11.7. The SMILES string of the molecule is c1cc(CN2CCCN3CCN(CCCNCC2)C3)ccc1CN1CCCNCCNCCCNCC1. The largest absolute Gasteiger partial charge is 0.315 e. The molecule has 3 aliphatic heterocycles. The lowest BCUT2D eigenvalue weighted by Crippen LogP contribution is -2.36. The number of nitrogens with zero attached hydrogens (tertiary/aromatic N) is 4. The van der Waals surface area contributed by atoms with E-state index in [1.54, 1.807) is 0 Å². The minimum Gasteiger partial charge on any atom is -0.315 e. The maximum atomic E-state index is 3.68. The van der Waals surface area contributed by atoms with Gasteiger partial charge in [-0.15, -0.1) is 0 Å². The number of hydrogen-bond donors (Lipinski definition) is 4. The zero-order chi connectivity index (χ0) is 25.4. The number of rotatable bonds is 4. The molecule has 2 unspecified atom stereocenters. The van der Waals surface area contributed by atoms with Gasteiger partial charge in [-0.1, -0.05) is 24.3 Å². The summed E-state index contributed by atoms with van der Waals surface area (Å²) in [7, 11) is 0. The fourth-order valence-electron chi connectivity index (χ4n) is 5.74. The lowest BCUT2D eigenvalue weighted by molar-refractivity contribution is 0.220. The Morgan fingerprint density at radius 2 is 0.892 bits per heavy atom. The van der Waals surface area contributed by atoms with E-state index in [0.29, 0.717) is 0 Å². The zero-order valence-corrected chi connectivity index (χ0v) is 23.4. The van der Waals surface area contributed by atoms with Crippen LogP contribution in [-0.4, -0.2) is 131 Å². The van der Waals surface area contributed by atoms with E-state index >= 15 is 0 Å². The van der Waals surface area contributed by atoms with Gasteiger partial charge in [0.05, 0.1) is 6.67 Å². The summed E-state index contributed by atoms with van der Waals surface area (Å²) < 4.78 is 0. The van der Waals surface area contributed by atoms with Crippen molar-refractivity contribution in [2.75, 3.05) is 111 Å². The van der Waals surface area contributed by atoms with Crippen molar-refractivity contribution < 1.29 is 0 Å². The van der Waals surface area contributed by atoms with Gasteiger partial charge in [-0.25, -0.2) is 0 Å². The average molecular weight is 515 g/mol. The molecule has 0 radical (unpaired) electrons. The van der Waals surface area contributed by atoms with Crippen molar-refractivity contribution in [3.63, 3.8) is 0 Å². The van der Waals surface area contributed by atoms with Crippen LogP contribution >= 0.6 is 0 Å². The van der Waals surface area contributed by atoms with E-state index in [2.05, 4.69) is 65.1 Å². The first-order valence-electron chi connectivity index (χ1n) is 15.2. The topological polar surface area (TPSA) is 61.1 Å². The van der Waals surface area contributed by atoms with Gasteiger partial charge in [0, 0.05) is 78.5 Å². The minimum atomic E-state index is 1.05. The van der Waals surface area contributed by atoms with Crippen LogP contribution in [0.5, 0.6) is 0 Å². The van der Waals surface area contributed by atoms with Gasteiger partial charge in [-0.05, 0) is 76.1 Å². The third-order valence-corrected chi connectivity index (χ3v) is 7.97. The first kappa shape index (κ1) is 28.9. The molecule has 1 aromatic rings. The van der Waals surface area contributed by atoms with Crippen LogP contribution in [0.1, 0.15) is 36.8 Å². The molecule has 0 saturated carbocycles. The number of hydrogen-bond acceptors (Lipinski definition) is 8. The van der Waals surface area contributed by atoms with E-state index in [9.17, 15) is 0 Å². The van der Waals surface area contributed by atoms with Crippen LogP contribution in [0.25, 0.3) is 0 Å². The van der Waals surface area contributed by atoms with Crippen molar-refractivity contribution in [1.29, 1.82) is 0 Å². The second kappa shape index (κ2) is 17.5. The molecule has 0 aliphatic carbocycles. The van der Waals surface area contributed by atoms with Crippen molar-refractivity contribution >= 4 is 0 Å². The quantitative estimate of drug-likeness (QED) is 0.471. The number of fused-ring (bicyclic) bond motifs is 2. The monoisotopic (exact) mass is 514 g/mol. The molecule has 37 heavy (non-hydrogen) atoms. The highest BCUT2D eigenvalue weighted by Gasteiger charge is 2.19. The van der Waals surface area contributed by atoms with Crippen LogP contribution in [0.15, 0.2) is 24.3 Å². The molecule has 0 aromatic heterocycles. The lowest BCUT2D eigenvalue weighted by atomic mass is 10.1. The van der Waals surface area contributed by atoms with Crippen LogP contribution < -0.4 is 21.3 Å². The van der Waals surface area contributed by atoms with Crippen LogP contribution in [0.2, 0.25) is 0 Å². The number of nitrogens with one attached hydrogen (secondary N) is 4. The Hall–Kier alpha value is -1.10. The van der Waals surface area contributed by atoms with E-state index in [-0.39, 0.29) is 0 Å². The number of benzene rings is 1. The smallest absolute Gasteiger partial charge is 0.0507 e. The highest BCUT2D eigenvalue weighted by Crippen LogP contribution is 2.12. The van der Waals surface area contributed by atoms with E-state index < -0.39 is 0 Å². The summed E-state index contributed by atoms with van der Waals surface area (Å²) in [6.45, 7) is 21.6. The Balaban J connectivity index is 1.24. The van der Waals surface area contributed by atoms with Gasteiger partial charge in [0.1, 0.15) is 0 Å². The Bertz CT molecular complexity index is 700. The zero-order valence-electron chi connectivity index (χ0n) is 23.4. The molecule has 3 aliphatic rings. The van der Waals surface area contributed by atoms with Crippen molar-refractivity contribution in [1.82, 2.24) is 40.9 Å². The second-order valence-electron chi connectivity index (χ2n) is 11.2. The summed E-state index contributed by atoms with van der Waals surface area (Å²) in [5.74, 6) is 0. The van der Waals surface area contributed by atoms with Gasteiger partial charge in [0.15, 0.2) is 0 Å². The Morgan fingerprint density at radius 1 is 0.432 bits per heavy atom. The van der Waals surface area contributed by atoms with Crippen LogP contribution in [0.4, 0.5) is 0 Å². The van der Waals surface area contributed by atoms with Crippen LogP contribution in [-0.2, 0) is 13.1 Å². The third-order valence-electron chi connectivity index (χ3n) is 7.97. The molecule has 8 nitrogen and oxygen atoms in total. The average Bonchev–Trinajstić information content (AvgIpc) is 3.37. The first-order chi connectivity index (χ1) is 18.3. The molecule has 4 N–H and O–H groups in total.